The maximum absolute atomic E-state index is 12.0. The van der Waals surface area contributed by atoms with Crippen molar-refractivity contribution in [3.05, 3.63) is 30.3 Å². The highest BCUT2D eigenvalue weighted by molar-refractivity contribution is 5.85. The van der Waals surface area contributed by atoms with Crippen LogP contribution in [0, 0.1) is 0 Å². The van der Waals surface area contributed by atoms with Crippen molar-refractivity contribution in [3.63, 3.8) is 0 Å². The van der Waals surface area contributed by atoms with Gasteiger partial charge in [0.05, 0.1) is 13.2 Å². The highest BCUT2D eigenvalue weighted by atomic mass is 16.5. The second-order valence-electron chi connectivity index (χ2n) is 8.07. The second-order valence-corrected chi connectivity index (χ2v) is 8.07. The lowest BCUT2D eigenvalue weighted by Gasteiger charge is -2.34. The maximum atomic E-state index is 12.0. The number of carbonyl (C=O) groups is 1. The summed E-state index contributed by atoms with van der Waals surface area (Å²) in [6.07, 6.45) is 2.08. The van der Waals surface area contributed by atoms with E-state index in [1.165, 1.54) is 5.69 Å². The highest BCUT2D eigenvalue weighted by Crippen LogP contribution is 2.19. The molecule has 0 radical (unpaired) electrons. The molecule has 0 saturated carbocycles. The Bertz CT molecular complexity index is 667. The topological polar surface area (TPSA) is 72.4 Å². The van der Waals surface area contributed by atoms with Crippen LogP contribution in [0.2, 0.25) is 0 Å². The van der Waals surface area contributed by atoms with Gasteiger partial charge in [0.25, 0.3) is 0 Å². The largest absolute Gasteiger partial charge is 0.379 e. The van der Waals surface area contributed by atoms with E-state index in [4.69, 9.17) is 4.74 Å². The molecule has 2 aliphatic rings. The van der Waals surface area contributed by atoms with Gasteiger partial charge in [0.15, 0.2) is 5.96 Å². The Balaban J connectivity index is 1.49. The Morgan fingerprint density at radius 3 is 2.50 bits per heavy atom. The van der Waals surface area contributed by atoms with Gasteiger partial charge >= 0.3 is 0 Å². The molecule has 8 heteroatoms. The summed E-state index contributed by atoms with van der Waals surface area (Å²) in [6, 6.07) is 10.9. The van der Waals surface area contributed by atoms with E-state index in [0.29, 0.717) is 6.04 Å². The van der Waals surface area contributed by atoms with E-state index >= 15 is 0 Å². The monoisotopic (exact) mass is 416 g/mol. The van der Waals surface area contributed by atoms with E-state index in [2.05, 4.69) is 55.8 Å². The number of aliphatic imine (C=N–C) groups is 1. The van der Waals surface area contributed by atoms with Crippen molar-refractivity contribution < 1.29 is 9.53 Å². The number of likely N-dealkylation sites (N-methyl/N-ethyl adjacent to an activating group) is 1. The van der Waals surface area contributed by atoms with Gasteiger partial charge in [-0.25, -0.2) is 4.99 Å². The molecule has 8 nitrogen and oxygen atoms in total. The molecule has 166 valence electrons. The molecular formula is C22H36N6O2. The number of anilines is 1. The predicted molar refractivity (Wildman–Crippen MR) is 121 cm³/mol. The molecule has 2 fully saturated rings. The van der Waals surface area contributed by atoms with Crippen LogP contribution in [0.5, 0.6) is 0 Å². The summed E-state index contributed by atoms with van der Waals surface area (Å²) in [5.74, 6) is 0.736. The van der Waals surface area contributed by atoms with Crippen LogP contribution in [0.1, 0.15) is 12.8 Å². The lowest BCUT2D eigenvalue weighted by molar-refractivity contribution is -0.127. The average molecular weight is 417 g/mol. The van der Waals surface area contributed by atoms with E-state index in [1.807, 2.05) is 0 Å². The van der Waals surface area contributed by atoms with Gasteiger partial charge in [-0.1, -0.05) is 18.2 Å². The summed E-state index contributed by atoms with van der Waals surface area (Å²) < 4.78 is 5.41. The molecule has 0 aliphatic carbocycles. The van der Waals surface area contributed by atoms with Crippen LogP contribution in [-0.2, 0) is 9.53 Å². The molecule has 0 aromatic heterocycles. The Labute approximate surface area is 180 Å². The standard InChI is InChI=1S/C22H36N6O2/c1-26(2)21(29)18-24-22(23-10-13-27-14-16-30-17-15-27)25-19-8-11-28(12-9-19)20-6-4-3-5-7-20/h3-7,19H,8-18H2,1-2H3,(H2,23,24,25). The predicted octanol–water partition coefficient (Wildman–Crippen LogP) is 0.611. The van der Waals surface area contributed by atoms with Crippen molar-refractivity contribution in [2.24, 2.45) is 4.99 Å². The second kappa shape index (κ2) is 11.8. The summed E-state index contributed by atoms with van der Waals surface area (Å²) in [4.78, 5) is 22.9. The number of morpholine rings is 1. The van der Waals surface area contributed by atoms with Gasteiger partial charge in [-0.3, -0.25) is 9.69 Å². The minimum atomic E-state index is 0.00294. The van der Waals surface area contributed by atoms with E-state index < -0.39 is 0 Å². The molecule has 2 saturated heterocycles. The number of hydrogen-bond acceptors (Lipinski definition) is 5. The molecule has 2 N–H and O–H groups in total. The van der Waals surface area contributed by atoms with Crippen molar-refractivity contribution in [1.82, 2.24) is 20.4 Å². The SMILES string of the molecule is CN(C)C(=O)CN=C(NCCN1CCOCC1)NC1CCN(c2ccccc2)CC1. The third kappa shape index (κ3) is 7.18. The van der Waals surface area contributed by atoms with Crippen LogP contribution in [0.4, 0.5) is 5.69 Å². The van der Waals surface area contributed by atoms with Gasteiger partial charge in [-0.05, 0) is 25.0 Å². The first-order chi connectivity index (χ1) is 14.6. The van der Waals surface area contributed by atoms with Crippen LogP contribution in [0.3, 0.4) is 0 Å². The number of rotatable bonds is 7. The lowest BCUT2D eigenvalue weighted by Crippen LogP contribution is -2.50. The third-order valence-electron chi connectivity index (χ3n) is 5.65. The number of benzene rings is 1. The summed E-state index contributed by atoms with van der Waals surface area (Å²) in [5, 5.41) is 6.98. The molecule has 30 heavy (non-hydrogen) atoms. The smallest absolute Gasteiger partial charge is 0.243 e. The minimum absolute atomic E-state index is 0.00294. The Hall–Kier alpha value is -2.32. The number of hydrogen-bond donors (Lipinski definition) is 2. The third-order valence-corrected chi connectivity index (χ3v) is 5.65. The molecule has 2 heterocycles. The molecule has 2 aliphatic heterocycles. The van der Waals surface area contributed by atoms with Crippen molar-refractivity contribution in [2.45, 2.75) is 18.9 Å². The van der Waals surface area contributed by atoms with Gasteiger partial charge < -0.3 is 25.2 Å². The Morgan fingerprint density at radius 2 is 1.83 bits per heavy atom. The summed E-state index contributed by atoms with van der Waals surface area (Å²) in [6.45, 7) is 7.47. The number of guanidine groups is 1. The van der Waals surface area contributed by atoms with Crippen LogP contribution in [-0.4, -0.2) is 101 Å². The Kier molecular flexibility index (Phi) is 8.77. The maximum Gasteiger partial charge on any atom is 0.243 e. The van der Waals surface area contributed by atoms with Gasteiger partial charge in [0, 0.05) is 65.1 Å². The van der Waals surface area contributed by atoms with Gasteiger partial charge in [-0.2, -0.15) is 0 Å². The lowest BCUT2D eigenvalue weighted by atomic mass is 10.0. The summed E-state index contributed by atoms with van der Waals surface area (Å²) in [7, 11) is 3.52. The van der Waals surface area contributed by atoms with Crippen LogP contribution >= 0.6 is 0 Å². The normalized spacial score (nSPS) is 18.9. The molecule has 1 amide bonds. The van der Waals surface area contributed by atoms with Crippen LogP contribution in [0.15, 0.2) is 35.3 Å². The molecule has 0 atom stereocenters. The van der Waals surface area contributed by atoms with Crippen LogP contribution < -0.4 is 15.5 Å². The zero-order chi connectivity index (χ0) is 21.2. The molecule has 0 bridgehead atoms. The van der Waals surface area contributed by atoms with E-state index in [-0.39, 0.29) is 12.5 Å². The zero-order valence-electron chi connectivity index (χ0n) is 18.3. The van der Waals surface area contributed by atoms with Gasteiger partial charge in [0.2, 0.25) is 5.91 Å². The fraction of sp³-hybridized carbons (Fsp3) is 0.636. The van der Waals surface area contributed by atoms with E-state index in [9.17, 15) is 4.79 Å². The molecule has 1 aromatic carbocycles. The zero-order valence-corrected chi connectivity index (χ0v) is 18.3. The van der Waals surface area contributed by atoms with Crippen molar-refractivity contribution in [2.75, 3.05) is 78.0 Å². The number of ether oxygens (including phenoxy) is 1. The Morgan fingerprint density at radius 1 is 1.13 bits per heavy atom. The first-order valence-corrected chi connectivity index (χ1v) is 11.0. The molecule has 1 aromatic rings. The van der Waals surface area contributed by atoms with E-state index in [0.717, 1.165) is 71.3 Å². The minimum Gasteiger partial charge on any atom is -0.379 e. The summed E-state index contributed by atoms with van der Waals surface area (Å²) >= 11 is 0. The average Bonchev–Trinajstić information content (AvgIpc) is 2.79. The number of nitrogens with one attached hydrogen (secondary N) is 2. The van der Waals surface area contributed by atoms with Gasteiger partial charge in [0.1, 0.15) is 6.54 Å². The van der Waals surface area contributed by atoms with Gasteiger partial charge in [-0.15, -0.1) is 0 Å². The first kappa shape index (κ1) is 22.4. The fourth-order valence-corrected chi connectivity index (χ4v) is 3.71. The fourth-order valence-electron chi connectivity index (χ4n) is 3.71. The highest BCUT2D eigenvalue weighted by Gasteiger charge is 2.20. The van der Waals surface area contributed by atoms with E-state index in [1.54, 1.807) is 19.0 Å². The number of para-hydroxylation sites is 1. The van der Waals surface area contributed by atoms with Crippen molar-refractivity contribution in [1.29, 1.82) is 0 Å². The number of amides is 1. The van der Waals surface area contributed by atoms with Crippen molar-refractivity contribution in [3.8, 4) is 0 Å². The number of nitrogens with zero attached hydrogens (tertiary/aromatic N) is 4. The molecule has 0 spiro atoms. The molecular weight excluding hydrogens is 380 g/mol. The quantitative estimate of drug-likeness (QED) is 0.501. The van der Waals surface area contributed by atoms with Crippen molar-refractivity contribution >= 4 is 17.6 Å². The summed E-state index contributed by atoms with van der Waals surface area (Å²) in [5.41, 5.74) is 1.28. The van der Waals surface area contributed by atoms with Crippen LogP contribution in [0.25, 0.3) is 0 Å². The first-order valence-electron chi connectivity index (χ1n) is 11.0. The number of piperidine rings is 1. The molecule has 0 unspecified atom stereocenters. The number of carbonyl (C=O) groups excluding carboxylic acids is 1. The molecule has 3 rings (SSSR count).